The van der Waals surface area contributed by atoms with Crippen molar-refractivity contribution in [1.29, 1.82) is 0 Å². The largest absolute Gasteiger partial charge is 0.318 e. The first-order valence-electron chi connectivity index (χ1n) is 9.11. The molecule has 0 amide bonds. The van der Waals surface area contributed by atoms with Crippen LogP contribution in [-0.4, -0.2) is 31.3 Å². The first-order chi connectivity index (χ1) is 14.0. The minimum absolute atomic E-state index is 0.0168. The van der Waals surface area contributed by atoms with E-state index in [9.17, 15) is 9.18 Å². The van der Waals surface area contributed by atoms with E-state index in [0.717, 1.165) is 17.0 Å². The van der Waals surface area contributed by atoms with Gasteiger partial charge in [-0.3, -0.25) is 9.89 Å². The minimum Gasteiger partial charge on any atom is -0.318 e. The molecule has 0 fully saturated rings. The monoisotopic (exact) mass is 406 g/mol. The van der Waals surface area contributed by atoms with Crippen LogP contribution in [0.3, 0.4) is 0 Å². The van der Waals surface area contributed by atoms with E-state index in [-0.39, 0.29) is 17.4 Å². The number of benzene rings is 2. The SMILES string of the molecule is Cc1cc(C(=O)CSc2n[nH]c(-c3ccccc3)n2)c(C)n1-c1cccc(F)c1. The average molecular weight is 406 g/mol. The summed E-state index contributed by atoms with van der Waals surface area (Å²) in [5.41, 5.74) is 3.94. The Hall–Kier alpha value is -3.19. The van der Waals surface area contributed by atoms with Gasteiger partial charge in [-0.25, -0.2) is 9.37 Å². The van der Waals surface area contributed by atoms with Gasteiger partial charge in [-0.1, -0.05) is 48.2 Å². The molecular formula is C22H19FN4OS. The molecule has 0 aliphatic heterocycles. The van der Waals surface area contributed by atoms with Gasteiger partial charge in [-0.2, -0.15) is 0 Å². The number of halogens is 1. The molecule has 2 heterocycles. The number of carbonyl (C=O) groups excluding carboxylic acids is 1. The zero-order valence-electron chi connectivity index (χ0n) is 16.0. The zero-order valence-corrected chi connectivity index (χ0v) is 16.8. The normalized spacial score (nSPS) is 11.0. The summed E-state index contributed by atoms with van der Waals surface area (Å²) in [6, 6.07) is 17.9. The molecule has 4 rings (SSSR count). The second-order valence-electron chi connectivity index (χ2n) is 6.64. The summed E-state index contributed by atoms with van der Waals surface area (Å²) in [4.78, 5) is 17.3. The highest BCUT2D eigenvalue weighted by molar-refractivity contribution is 7.99. The molecule has 29 heavy (non-hydrogen) atoms. The molecule has 146 valence electrons. The van der Waals surface area contributed by atoms with Crippen LogP contribution in [0.2, 0.25) is 0 Å². The predicted octanol–water partition coefficient (Wildman–Crippen LogP) is 4.99. The molecule has 4 aromatic rings. The van der Waals surface area contributed by atoms with Crippen LogP contribution in [0, 0.1) is 19.7 Å². The zero-order chi connectivity index (χ0) is 20.4. The number of carbonyl (C=O) groups is 1. The Bertz CT molecular complexity index is 1170. The Kier molecular flexibility index (Phi) is 5.31. The fourth-order valence-corrected chi connectivity index (χ4v) is 3.98. The van der Waals surface area contributed by atoms with Crippen LogP contribution in [0.1, 0.15) is 21.7 Å². The Balaban J connectivity index is 1.50. The molecule has 0 radical (unpaired) electrons. The lowest BCUT2D eigenvalue weighted by molar-refractivity contribution is 0.102. The lowest BCUT2D eigenvalue weighted by Gasteiger charge is -2.09. The van der Waals surface area contributed by atoms with Gasteiger partial charge in [0, 0.05) is 28.2 Å². The van der Waals surface area contributed by atoms with E-state index in [2.05, 4.69) is 15.2 Å². The van der Waals surface area contributed by atoms with Crippen molar-refractivity contribution < 1.29 is 9.18 Å². The van der Waals surface area contributed by atoms with Crippen LogP contribution in [0.15, 0.2) is 65.8 Å². The summed E-state index contributed by atoms with van der Waals surface area (Å²) in [6.45, 7) is 3.78. The molecule has 0 atom stereocenters. The minimum atomic E-state index is -0.308. The number of aromatic nitrogens is 4. The van der Waals surface area contributed by atoms with Crippen LogP contribution in [0.4, 0.5) is 4.39 Å². The quantitative estimate of drug-likeness (QED) is 0.362. The standard InChI is InChI=1S/C22H19FN4OS/c1-14-11-19(15(2)27(14)18-10-6-9-17(23)12-18)20(28)13-29-22-24-21(25-26-22)16-7-4-3-5-8-16/h3-12H,13H2,1-2H3,(H,24,25,26). The average Bonchev–Trinajstić information content (AvgIpc) is 3.31. The molecule has 0 saturated carbocycles. The summed E-state index contributed by atoms with van der Waals surface area (Å²) in [5, 5.41) is 7.62. The van der Waals surface area contributed by atoms with Gasteiger partial charge in [0.15, 0.2) is 11.6 Å². The van der Waals surface area contributed by atoms with Crippen LogP contribution in [-0.2, 0) is 0 Å². The van der Waals surface area contributed by atoms with Gasteiger partial charge < -0.3 is 4.57 Å². The van der Waals surface area contributed by atoms with Crippen molar-refractivity contribution in [3.8, 4) is 17.1 Å². The number of H-pyrrole nitrogens is 1. The van der Waals surface area contributed by atoms with Gasteiger partial charge in [0.25, 0.3) is 0 Å². The summed E-state index contributed by atoms with van der Waals surface area (Å²) in [6.07, 6.45) is 0. The van der Waals surface area contributed by atoms with Crippen LogP contribution in [0.5, 0.6) is 0 Å². The van der Waals surface area contributed by atoms with Crippen LogP contribution < -0.4 is 0 Å². The van der Waals surface area contributed by atoms with Gasteiger partial charge in [0.1, 0.15) is 5.82 Å². The molecule has 0 unspecified atom stereocenters. The Labute approximate surface area is 172 Å². The van der Waals surface area contributed by atoms with Crippen molar-refractivity contribution in [3.63, 3.8) is 0 Å². The second-order valence-corrected chi connectivity index (χ2v) is 7.59. The third kappa shape index (κ3) is 4.00. The van der Waals surface area contributed by atoms with E-state index in [1.54, 1.807) is 6.07 Å². The van der Waals surface area contributed by atoms with E-state index in [1.807, 2.05) is 60.9 Å². The van der Waals surface area contributed by atoms with E-state index in [4.69, 9.17) is 0 Å². The Morgan fingerprint density at radius 2 is 1.90 bits per heavy atom. The van der Waals surface area contributed by atoms with Gasteiger partial charge in [0.05, 0.1) is 5.75 Å². The molecule has 5 nitrogen and oxygen atoms in total. The van der Waals surface area contributed by atoms with Gasteiger partial charge in [-0.15, -0.1) is 5.10 Å². The third-order valence-corrected chi connectivity index (χ3v) is 5.49. The maximum absolute atomic E-state index is 13.6. The highest BCUT2D eigenvalue weighted by atomic mass is 32.2. The molecule has 0 bridgehead atoms. The van der Waals surface area contributed by atoms with Crippen LogP contribution in [0.25, 0.3) is 17.1 Å². The number of hydrogen-bond donors (Lipinski definition) is 1. The number of hydrogen-bond acceptors (Lipinski definition) is 4. The van der Waals surface area contributed by atoms with Crippen molar-refractivity contribution in [1.82, 2.24) is 19.7 Å². The van der Waals surface area contributed by atoms with Crippen LogP contribution >= 0.6 is 11.8 Å². The molecule has 1 N–H and O–H groups in total. The molecule has 0 aliphatic rings. The maximum atomic E-state index is 13.6. The lowest BCUT2D eigenvalue weighted by atomic mass is 10.2. The number of aryl methyl sites for hydroxylation is 1. The summed E-state index contributed by atoms with van der Waals surface area (Å²) in [7, 11) is 0. The molecular weight excluding hydrogens is 387 g/mol. The fourth-order valence-electron chi connectivity index (χ4n) is 3.30. The summed E-state index contributed by atoms with van der Waals surface area (Å²) >= 11 is 1.29. The smallest absolute Gasteiger partial charge is 0.209 e. The Morgan fingerprint density at radius 3 is 2.66 bits per heavy atom. The Morgan fingerprint density at radius 1 is 1.10 bits per heavy atom. The highest BCUT2D eigenvalue weighted by Crippen LogP contribution is 2.24. The number of nitrogens with zero attached hydrogens (tertiary/aromatic N) is 3. The topological polar surface area (TPSA) is 63.6 Å². The molecule has 7 heteroatoms. The van der Waals surface area contributed by atoms with Crippen molar-refractivity contribution in [2.24, 2.45) is 0 Å². The fraction of sp³-hybridized carbons (Fsp3) is 0.136. The lowest BCUT2D eigenvalue weighted by Crippen LogP contribution is -2.06. The van der Waals surface area contributed by atoms with Gasteiger partial charge in [-0.05, 0) is 38.1 Å². The number of aromatic amines is 1. The highest BCUT2D eigenvalue weighted by Gasteiger charge is 2.18. The van der Waals surface area contributed by atoms with Crippen molar-refractivity contribution in [2.45, 2.75) is 19.0 Å². The summed E-state index contributed by atoms with van der Waals surface area (Å²) < 4.78 is 15.5. The van der Waals surface area contributed by atoms with E-state index >= 15 is 0 Å². The first kappa shape index (κ1) is 19.1. The van der Waals surface area contributed by atoms with E-state index in [1.165, 1.54) is 23.9 Å². The van der Waals surface area contributed by atoms with Gasteiger partial charge >= 0.3 is 0 Å². The molecule has 0 aliphatic carbocycles. The number of Topliss-reactive ketones (excluding diaryl/α,β-unsaturated/α-hetero) is 1. The number of rotatable bonds is 6. The third-order valence-electron chi connectivity index (χ3n) is 4.64. The molecule has 0 saturated heterocycles. The number of ketones is 1. The maximum Gasteiger partial charge on any atom is 0.209 e. The first-order valence-corrected chi connectivity index (χ1v) is 10.1. The molecule has 2 aromatic heterocycles. The van der Waals surface area contributed by atoms with Crippen molar-refractivity contribution in [2.75, 3.05) is 5.75 Å². The number of nitrogens with one attached hydrogen (secondary N) is 1. The van der Waals surface area contributed by atoms with Crippen molar-refractivity contribution in [3.05, 3.63) is 83.4 Å². The number of thioether (sulfide) groups is 1. The van der Waals surface area contributed by atoms with E-state index in [0.29, 0.717) is 22.2 Å². The predicted molar refractivity (Wildman–Crippen MR) is 112 cm³/mol. The van der Waals surface area contributed by atoms with E-state index < -0.39 is 0 Å². The summed E-state index contributed by atoms with van der Waals surface area (Å²) in [5.74, 6) is 0.568. The van der Waals surface area contributed by atoms with Crippen molar-refractivity contribution >= 4 is 17.5 Å². The molecule has 0 spiro atoms. The second kappa shape index (κ2) is 8.05. The molecule has 2 aromatic carbocycles. The van der Waals surface area contributed by atoms with Gasteiger partial charge in [0.2, 0.25) is 5.16 Å².